The number of aliphatic hydroxyl groups is 3. The van der Waals surface area contributed by atoms with E-state index in [-0.39, 0.29) is 29.1 Å². The van der Waals surface area contributed by atoms with E-state index in [4.69, 9.17) is 5.10 Å². The summed E-state index contributed by atoms with van der Waals surface area (Å²) in [5, 5.41) is 37.9. The molecular weight excluding hydrogens is 428 g/mol. The first kappa shape index (κ1) is 22.9. The molecule has 6 nitrogen and oxygen atoms in total. The van der Waals surface area contributed by atoms with E-state index in [9.17, 15) is 20.1 Å². The van der Waals surface area contributed by atoms with E-state index < -0.39 is 29.5 Å². The van der Waals surface area contributed by atoms with Crippen LogP contribution in [0.15, 0.2) is 11.8 Å². The van der Waals surface area contributed by atoms with Gasteiger partial charge in [-0.05, 0) is 85.7 Å². The summed E-state index contributed by atoms with van der Waals surface area (Å²) in [6, 6.07) is 0.518. The van der Waals surface area contributed by atoms with Gasteiger partial charge < -0.3 is 15.3 Å². The van der Waals surface area contributed by atoms with Gasteiger partial charge in [0, 0.05) is 5.41 Å². The van der Waals surface area contributed by atoms with Crippen LogP contribution in [-0.4, -0.2) is 49.2 Å². The Labute approximate surface area is 202 Å². The number of Topliss-reactive ketones (excluding diaryl/α,β-unsaturated/α-hetero) is 1. The molecule has 4 fully saturated rings. The van der Waals surface area contributed by atoms with Crippen molar-refractivity contribution in [3.8, 4) is 0 Å². The molecule has 3 N–H and O–H groups in total. The highest BCUT2D eigenvalue weighted by atomic mass is 16.3. The normalized spacial score (nSPS) is 45.8. The highest BCUT2D eigenvalue weighted by Crippen LogP contribution is 2.68. The first-order valence-electron chi connectivity index (χ1n) is 13.5. The van der Waals surface area contributed by atoms with E-state index in [2.05, 4.69) is 23.9 Å². The molecule has 0 unspecified atom stereocenters. The molecule has 186 valence electrons. The molecule has 4 saturated carbocycles. The standard InChI is InChI=1S/C28H40N2O4/c1-16-10-21-20-9-8-18-11-22-17(14-29-30(22)19-6-4-5-7-19)12-26(18,2)25(20)23(32)13-27(21,3)28(16,34)24(33)15-31/h11,14,16,19-21,23,25,31-32,34H,4-10,12-13,15H2,1-3H3/t16-,20+,21+,23+,25-,26+,27+,28+/m1/s1. The second-order valence-corrected chi connectivity index (χ2v) is 12.7. The van der Waals surface area contributed by atoms with Crippen LogP contribution in [-0.2, 0) is 11.2 Å². The average molecular weight is 469 g/mol. The van der Waals surface area contributed by atoms with E-state index in [1.54, 1.807) is 0 Å². The molecule has 1 aromatic rings. The number of fused-ring (bicyclic) bond motifs is 6. The Morgan fingerprint density at radius 1 is 1.24 bits per heavy atom. The van der Waals surface area contributed by atoms with Crippen molar-refractivity contribution in [1.29, 1.82) is 0 Å². The van der Waals surface area contributed by atoms with E-state index in [1.807, 2.05) is 13.8 Å². The van der Waals surface area contributed by atoms with Crippen molar-refractivity contribution in [2.24, 2.45) is 34.5 Å². The van der Waals surface area contributed by atoms with E-state index in [0.29, 0.717) is 12.5 Å². The summed E-state index contributed by atoms with van der Waals surface area (Å²) in [5.41, 5.74) is 1.60. The fraction of sp³-hybridized carbons (Fsp3) is 0.786. The van der Waals surface area contributed by atoms with Crippen molar-refractivity contribution >= 4 is 11.9 Å². The monoisotopic (exact) mass is 468 g/mol. The van der Waals surface area contributed by atoms with Gasteiger partial charge >= 0.3 is 0 Å². The lowest BCUT2D eigenvalue weighted by Gasteiger charge is -2.60. The molecule has 6 rings (SSSR count). The summed E-state index contributed by atoms with van der Waals surface area (Å²) < 4.78 is 2.27. The maximum Gasteiger partial charge on any atom is 0.190 e. The van der Waals surface area contributed by atoms with E-state index in [1.165, 1.54) is 42.5 Å². The smallest absolute Gasteiger partial charge is 0.190 e. The zero-order valence-corrected chi connectivity index (χ0v) is 20.8. The topological polar surface area (TPSA) is 95.6 Å². The first-order valence-corrected chi connectivity index (χ1v) is 13.5. The molecule has 0 radical (unpaired) electrons. The summed E-state index contributed by atoms with van der Waals surface area (Å²) in [7, 11) is 0. The third kappa shape index (κ3) is 2.74. The number of aromatic nitrogens is 2. The lowest BCUT2D eigenvalue weighted by molar-refractivity contribution is -0.186. The minimum absolute atomic E-state index is 0.104. The summed E-state index contributed by atoms with van der Waals surface area (Å²) >= 11 is 0. The quantitative estimate of drug-likeness (QED) is 0.629. The number of rotatable bonds is 3. The predicted molar refractivity (Wildman–Crippen MR) is 129 cm³/mol. The lowest BCUT2D eigenvalue weighted by Crippen LogP contribution is -2.63. The van der Waals surface area contributed by atoms with E-state index >= 15 is 0 Å². The minimum atomic E-state index is -1.57. The van der Waals surface area contributed by atoms with Crippen LogP contribution in [0.5, 0.6) is 0 Å². The number of ketones is 1. The highest BCUT2D eigenvalue weighted by molar-refractivity contribution is 5.90. The van der Waals surface area contributed by atoms with Crippen LogP contribution in [0.1, 0.15) is 89.4 Å². The van der Waals surface area contributed by atoms with Crippen LogP contribution in [0.2, 0.25) is 0 Å². The van der Waals surface area contributed by atoms with Gasteiger partial charge in [-0.25, -0.2) is 0 Å². The molecule has 1 heterocycles. The number of allylic oxidation sites excluding steroid dienone is 1. The third-order valence-corrected chi connectivity index (χ3v) is 11.3. The van der Waals surface area contributed by atoms with Crippen LogP contribution >= 0.6 is 0 Å². The van der Waals surface area contributed by atoms with Crippen LogP contribution in [0.25, 0.3) is 6.08 Å². The molecule has 0 saturated heterocycles. The van der Waals surface area contributed by atoms with Gasteiger partial charge in [-0.2, -0.15) is 5.10 Å². The van der Waals surface area contributed by atoms with Crippen molar-refractivity contribution in [1.82, 2.24) is 9.78 Å². The molecule has 6 heteroatoms. The Morgan fingerprint density at radius 3 is 2.68 bits per heavy atom. The molecule has 0 amide bonds. The molecule has 0 bridgehead atoms. The Kier molecular flexibility index (Phi) is 5.06. The van der Waals surface area contributed by atoms with Gasteiger partial charge in [-0.3, -0.25) is 9.48 Å². The van der Waals surface area contributed by atoms with Gasteiger partial charge in [0.05, 0.1) is 24.0 Å². The molecule has 0 aromatic carbocycles. The zero-order valence-electron chi connectivity index (χ0n) is 20.8. The fourth-order valence-corrected chi connectivity index (χ4v) is 9.69. The molecular formula is C28H40N2O4. The van der Waals surface area contributed by atoms with Crippen molar-refractivity contribution in [2.45, 2.75) is 96.3 Å². The van der Waals surface area contributed by atoms with Crippen LogP contribution in [0.3, 0.4) is 0 Å². The number of carbonyl (C=O) groups is 1. The predicted octanol–water partition coefficient (Wildman–Crippen LogP) is 3.69. The Balaban J connectivity index is 1.37. The largest absolute Gasteiger partial charge is 0.393 e. The molecule has 1 aromatic heterocycles. The van der Waals surface area contributed by atoms with Crippen molar-refractivity contribution in [2.75, 3.05) is 6.61 Å². The second kappa shape index (κ2) is 7.50. The van der Waals surface area contributed by atoms with Crippen LogP contribution in [0, 0.1) is 34.5 Å². The van der Waals surface area contributed by atoms with Gasteiger partial charge in [-0.1, -0.05) is 39.2 Å². The van der Waals surface area contributed by atoms with Crippen LogP contribution in [0.4, 0.5) is 0 Å². The number of nitrogens with zero attached hydrogens (tertiary/aromatic N) is 2. The third-order valence-electron chi connectivity index (χ3n) is 11.3. The summed E-state index contributed by atoms with van der Waals surface area (Å²) in [5.74, 6) is -0.185. The molecule has 0 spiro atoms. The Morgan fingerprint density at radius 2 is 1.97 bits per heavy atom. The molecule has 8 atom stereocenters. The van der Waals surface area contributed by atoms with Gasteiger partial charge in [0.15, 0.2) is 5.78 Å². The maximum absolute atomic E-state index is 12.8. The van der Waals surface area contributed by atoms with Gasteiger partial charge in [-0.15, -0.1) is 0 Å². The van der Waals surface area contributed by atoms with Gasteiger partial charge in [0.2, 0.25) is 0 Å². The number of carbonyl (C=O) groups excluding carboxylic acids is 1. The molecule has 5 aliphatic carbocycles. The van der Waals surface area contributed by atoms with Gasteiger partial charge in [0.1, 0.15) is 12.2 Å². The molecule has 0 aliphatic heterocycles. The van der Waals surface area contributed by atoms with Crippen molar-refractivity contribution in [3.63, 3.8) is 0 Å². The number of hydrogen-bond donors (Lipinski definition) is 3. The van der Waals surface area contributed by atoms with Crippen LogP contribution < -0.4 is 0 Å². The zero-order chi connectivity index (χ0) is 24.0. The number of hydrogen-bond acceptors (Lipinski definition) is 5. The Bertz CT molecular complexity index is 1040. The fourth-order valence-electron chi connectivity index (χ4n) is 9.69. The minimum Gasteiger partial charge on any atom is -0.393 e. The lowest BCUT2D eigenvalue weighted by atomic mass is 9.45. The second-order valence-electron chi connectivity index (χ2n) is 12.7. The first-order chi connectivity index (χ1) is 16.1. The summed E-state index contributed by atoms with van der Waals surface area (Å²) in [6.45, 7) is 5.62. The van der Waals surface area contributed by atoms with Crippen molar-refractivity contribution in [3.05, 3.63) is 23.0 Å². The highest BCUT2D eigenvalue weighted by Gasteiger charge is 2.70. The Hall–Kier alpha value is -1.50. The van der Waals surface area contributed by atoms with Gasteiger partial charge in [0.25, 0.3) is 0 Å². The molecule has 34 heavy (non-hydrogen) atoms. The molecule has 5 aliphatic rings. The van der Waals surface area contributed by atoms with E-state index in [0.717, 1.165) is 25.7 Å². The van der Waals surface area contributed by atoms with Crippen molar-refractivity contribution < 1.29 is 20.1 Å². The maximum atomic E-state index is 12.8. The summed E-state index contributed by atoms with van der Waals surface area (Å²) in [6.07, 6.45) is 12.9. The number of aliphatic hydroxyl groups excluding tert-OH is 2. The SMILES string of the molecule is C[C@@H]1C[C@H]2[C@@H]3CCC4=Cc5c(cnn5C5CCCC5)C[C@]4(C)[C@H]3[C@@H](O)C[C@]2(C)[C@@]1(O)C(=O)CO. The summed E-state index contributed by atoms with van der Waals surface area (Å²) in [4.78, 5) is 12.8. The average Bonchev–Trinajstić information content (AvgIpc) is 3.50.